The fraction of sp³-hybridized carbons (Fsp3) is 0.923. The van der Waals surface area contributed by atoms with Crippen LogP contribution in [0, 0.1) is 5.41 Å². The molecule has 1 saturated carbocycles. The Balaban J connectivity index is 2.65. The van der Waals surface area contributed by atoms with Gasteiger partial charge in [-0.2, -0.15) is 0 Å². The first-order valence-electron chi connectivity index (χ1n) is 6.65. The second kappa shape index (κ2) is 6.99. The van der Waals surface area contributed by atoms with Gasteiger partial charge in [-0.05, 0) is 20.8 Å². The summed E-state index contributed by atoms with van der Waals surface area (Å²) in [4.78, 5) is 11.6. The molecule has 0 aromatic carbocycles. The van der Waals surface area contributed by atoms with E-state index in [1.165, 1.54) is 7.11 Å². The van der Waals surface area contributed by atoms with Crippen molar-refractivity contribution in [3.8, 4) is 0 Å². The number of hydrogen-bond acceptors (Lipinski definition) is 8. The molecule has 8 heteroatoms. The second-order valence-electron chi connectivity index (χ2n) is 6.09. The van der Waals surface area contributed by atoms with Crippen molar-refractivity contribution in [1.82, 2.24) is 0 Å². The maximum Gasteiger partial charge on any atom is 0.313 e. The number of aliphatic hydroxyl groups excluding tert-OH is 4. The average Bonchev–Trinajstić information content (AvgIpc) is 2.41. The first-order chi connectivity index (χ1) is 9.61. The molecule has 0 amide bonds. The minimum atomic E-state index is -1.59. The minimum Gasteiger partial charge on any atom is -0.438 e. The molecule has 124 valence electrons. The van der Waals surface area contributed by atoms with Crippen molar-refractivity contribution < 1.29 is 39.4 Å². The molecule has 0 heterocycles. The van der Waals surface area contributed by atoms with Crippen molar-refractivity contribution in [3.05, 3.63) is 0 Å². The molecule has 1 aliphatic carbocycles. The molecule has 0 spiro atoms. The van der Waals surface area contributed by atoms with Crippen molar-refractivity contribution in [2.24, 2.45) is 5.41 Å². The van der Waals surface area contributed by atoms with E-state index in [1.54, 1.807) is 20.8 Å². The molecule has 1 rings (SSSR count). The normalized spacial score (nSPS) is 37.3. The van der Waals surface area contributed by atoms with Gasteiger partial charge in [0, 0.05) is 7.11 Å². The lowest BCUT2D eigenvalue weighted by Crippen LogP contribution is -2.64. The fourth-order valence-corrected chi connectivity index (χ4v) is 2.03. The molecule has 0 aromatic heterocycles. The molecule has 1 aliphatic rings. The van der Waals surface area contributed by atoms with Crippen LogP contribution in [0.25, 0.3) is 0 Å². The molecule has 6 atom stereocenters. The van der Waals surface area contributed by atoms with Crippen LogP contribution in [-0.4, -0.2) is 76.9 Å². The van der Waals surface area contributed by atoms with Crippen LogP contribution in [0.5, 0.6) is 0 Å². The van der Waals surface area contributed by atoms with Gasteiger partial charge in [-0.1, -0.05) is 0 Å². The molecular weight excluding hydrogens is 284 g/mol. The molecule has 0 saturated heterocycles. The molecule has 0 aromatic rings. The van der Waals surface area contributed by atoms with Gasteiger partial charge in [0.2, 0.25) is 0 Å². The number of carbonyl (C=O) groups excluding carboxylic acids is 1. The molecule has 0 bridgehead atoms. The Hall–Kier alpha value is -0.770. The number of methoxy groups -OCH3 is 1. The van der Waals surface area contributed by atoms with E-state index < -0.39 is 54.8 Å². The van der Waals surface area contributed by atoms with Crippen molar-refractivity contribution in [2.45, 2.75) is 57.4 Å². The molecular formula is C13H24O8. The number of carbonyl (C=O) groups is 1. The zero-order valence-electron chi connectivity index (χ0n) is 12.6. The van der Waals surface area contributed by atoms with Crippen molar-refractivity contribution >= 4 is 5.97 Å². The Morgan fingerprint density at radius 2 is 1.43 bits per heavy atom. The Labute approximate surface area is 123 Å². The summed E-state index contributed by atoms with van der Waals surface area (Å²) in [5.41, 5.74) is -0.704. The third kappa shape index (κ3) is 4.12. The third-order valence-electron chi connectivity index (χ3n) is 3.38. The molecule has 21 heavy (non-hydrogen) atoms. The van der Waals surface area contributed by atoms with Crippen LogP contribution in [0.1, 0.15) is 20.8 Å². The van der Waals surface area contributed by atoms with Crippen LogP contribution in [-0.2, 0) is 19.0 Å². The monoisotopic (exact) mass is 308 g/mol. The second-order valence-corrected chi connectivity index (χ2v) is 6.09. The van der Waals surface area contributed by atoms with Crippen molar-refractivity contribution in [1.29, 1.82) is 0 Å². The highest BCUT2D eigenvalue weighted by molar-refractivity contribution is 5.75. The van der Waals surface area contributed by atoms with Gasteiger partial charge in [-0.25, -0.2) is 0 Å². The molecule has 4 N–H and O–H groups in total. The van der Waals surface area contributed by atoms with Gasteiger partial charge in [0.05, 0.1) is 5.41 Å². The number of hydrogen-bond donors (Lipinski definition) is 4. The van der Waals surface area contributed by atoms with Gasteiger partial charge in [0.15, 0.2) is 6.79 Å². The Bertz CT molecular complexity index is 353. The highest BCUT2D eigenvalue weighted by Crippen LogP contribution is 2.26. The van der Waals surface area contributed by atoms with E-state index in [2.05, 4.69) is 0 Å². The first-order valence-corrected chi connectivity index (χ1v) is 6.65. The van der Waals surface area contributed by atoms with Crippen LogP contribution in [0.15, 0.2) is 0 Å². The predicted molar refractivity (Wildman–Crippen MR) is 70.1 cm³/mol. The summed E-state index contributed by atoms with van der Waals surface area (Å²) >= 11 is 0. The van der Waals surface area contributed by atoms with Gasteiger partial charge in [-0.15, -0.1) is 0 Å². The zero-order chi connectivity index (χ0) is 16.4. The highest BCUT2D eigenvalue weighted by atomic mass is 16.7. The average molecular weight is 308 g/mol. The van der Waals surface area contributed by atoms with E-state index in [1.807, 2.05) is 0 Å². The van der Waals surface area contributed by atoms with E-state index in [-0.39, 0.29) is 0 Å². The largest absolute Gasteiger partial charge is 0.438 e. The molecule has 8 nitrogen and oxygen atoms in total. The van der Waals surface area contributed by atoms with Gasteiger partial charge in [-0.3, -0.25) is 4.79 Å². The van der Waals surface area contributed by atoms with Gasteiger partial charge in [0.1, 0.15) is 36.6 Å². The van der Waals surface area contributed by atoms with Gasteiger partial charge < -0.3 is 34.6 Å². The summed E-state index contributed by atoms with van der Waals surface area (Å²) in [6, 6.07) is 0. The van der Waals surface area contributed by atoms with Crippen LogP contribution < -0.4 is 0 Å². The summed E-state index contributed by atoms with van der Waals surface area (Å²) in [7, 11) is 1.27. The van der Waals surface area contributed by atoms with Gasteiger partial charge >= 0.3 is 5.97 Å². The summed E-state index contributed by atoms with van der Waals surface area (Å²) in [6.07, 6.45) is -8.27. The third-order valence-corrected chi connectivity index (χ3v) is 3.38. The molecule has 0 radical (unpaired) electrons. The maximum atomic E-state index is 11.6. The molecule has 6 unspecified atom stereocenters. The van der Waals surface area contributed by atoms with E-state index in [0.717, 1.165) is 0 Å². The lowest BCUT2D eigenvalue weighted by atomic mass is 9.85. The van der Waals surface area contributed by atoms with E-state index in [4.69, 9.17) is 14.2 Å². The highest BCUT2D eigenvalue weighted by Gasteiger charge is 2.50. The Morgan fingerprint density at radius 3 is 1.86 bits per heavy atom. The number of esters is 1. The number of aliphatic hydroxyl groups is 4. The molecule has 0 aliphatic heterocycles. The van der Waals surface area contributed by atoms with Crippen LogP contribution >= 0.6 is 0 Å². The summed E-state index contributed by atoms with van der Waals surface area (Å²) < 4.78 is 15.1. The summed E-state index contributed by atoms with van der Waals surface area (Å²) in [5.74, 6) is -0.497. The zero-order valence-corrected chi connectivity index (χ0v) is 12.6. The standard InChI is InChI=1S/C13H24O8/c1-13(2,3)12(18)21-5-20-11-9(17)7(15)6(14)8(16)10(11)19-4/h6-11,14-17H,5H2,1-4H3. The van der Waals surface area contributed by atoms with E-state index >= 15 is 0 Å². The Morgan fingerprint density at radius 1 is 0.952 bits per heavy atom. The smallest absolute Gasteiger partial charge is 0.313 e. The van der Waals surface area contributed by atoms with E-state index in [9.17, 15) is 25.2 Å². The Kier molecular flexibility index (Phi) is 6.09. The molecule has 1 fully saturated rings. The summed E-state index contributed by atoms with van der Waals surface area (Å²) in [5, 5.41) is 38.9. The lowest BCUT2D eigenvalue weighted by molar-refractivity contribution is -0.256. The van der Waals surface area contributed by atoms with Crippen molar-refractivity contribution in [2.75, 3.05) is 13.9 Å². The van der Waals surface area contributed by atoms with Crippen LogP contribution in [0.2, 0.25) is 0 Å². The van der Waals surface area contributed by atoms with Crippen LogP contribution in [0.3, 0.4) is 0 Å². The summed E-state index contributed by atoms with van der Waals surface area (Å²) in [6.45, 7) is 4.55. The number of rotatable bonds is 4. The lowest BCUT2D eigenvalue weighted by Gasteiger charge is -2.42. The predicted octanol–water partition coefficient (Wildman–Crippen LogP) is -1.61. The van der Waals surface area contributed by atoms with Crippen LogP contribution in [0.4, 0.5) is 0 Å². The van der Waals surface area contributed by atoms with Gasteiger partial charge in [0.25, 0.3) is 0 Å². The minimum absolute atomic E-state index is 0.465. The van der Waals surface area contributed by atoms with E-state index in [0.29, 0.717) is 0 Å². The quantitative estimate of drug-likeness (QED) is 0.361. The first kappa shape index (κ1) is 18.3. The fourth-order valence-electron chi connectivity index (χ4n) is 2.03. The topological polar surface area (TPSA) is 126 Å². The SMILES string of the molecule is COC1C(O)C(O)C(O)C(O)C1OCOC(=O)C(C)(C)C. The maximum absolute atomic E-state index is 11.6. The van der Waals surface area contributed by atoms with Crippen molar-refractivity contribution in [3.63, 3.8) is 0 Å². The number of ether oxygens (including phenoxy) is 3.